The zero-order valence-corrected chi connectivity index (χ0v) is 14.6. The van der Waals surface area contributed by atoms with Crippen LogP contribution in [0.4, 0.5) is 23.2 Å². The first-order valence-electron chi connectivity index (χ1n) is 8.26. The molecular weight excluding hydrogens is 382 g/mol. The van der Waals surface area contributed by atoms with Gasteiger partial charge in [-0.1, -0.05) is 18.2 Å². The SMILES string of the molecule is O=C(CCc1ccccc1C(=O)O)Nc1ccc(F)cc1OCCC(F)(F)F. The predicted molar refractivity (Wildman–Crippen MR) is 92.9 cm³/mol. The molecule has 150 valence electrons. The molecule has 0 aliphatic heterocycles. The molecule has 0 atom stereocenters. The third kappa shape index (κ3) is 6.57. The first-order valence-corrected chi connectivity index (χ1v) is 8.26. The maximum absolute atomic E-state index is 13.4. The van der Waals surface area contributed by atoms with Crippen LogP contribution in [-0.4, -0.2) is 29.8 Å². The predicted octanol–water partition coefficient (Wildman–Crippen LogP) is 4.43. The summed E-state index contributed by atoms with van der Waals surface area (Å²) in [5.74, 6) is -2.58. The number of ether oxygens (including phenoxy) is 1. The summed E-state index contributed by atoms with van der Waals surface area (Å²) in [5, 5.41) is 11.6. The van der Waals surface area contributed by atoms with Crippen molar-refractivity contribution in [2.75, 3.05) is 11.9 Å². The number of hydrogen-bond acceptors (Lipinski definition) is 3. The fraction of sp³-hybridized carbons (Fsp3) is 0.263. The highest BCUT2D eigenvalue weighted by Crippen LogP contribution is 2.27. The number of hydrogen-bond donors (Lipinski definition) is 2. The highest BCUT2D eigenvalue weighted by atomic mass is 19.4. The summed E-state index contributed by atoms with van der Waals surface area (Å²) in [6.07, 6.45) is -5.58. The molecule has 2 aromatic carbocycles. The highest BCUT2D eigenvalue weighted by molar-refractivity contribution is 5.93. The number of carbonyl (C=O) groups excluding carboxylic acids is 1. The molecule has 0 saturated carbocycles. The molecule has 2 rings (SSSR count). The van der Waals surface area contributed by atoms with E-state index in [1.54, 1.807) is 18.2 Å². The average molecular weight is 399 g/mol. The summed E-state index contributed by atoms with van der Waals surface area (Å²) in [6.45, 7) is -0.720. The Hall–Kier alpha value is -3.10. The molecule has 0 aliphatic carbocycles. The third-order valence-electron chi connectivity index (χ3n) is 3.73. The van der Waals surface area contributed by atoms with Gasteiger partial charge in [0.2, 0.25) is 5.91 Å². The lowest BCUT2D eigenvalue weighted by atomic mass is 10.0. The number of amides is 1. The Balaban J connectivity index is 2.01. The zero-order chi connectivity index (χ0) is 20.7. The van der Waals surface area contributed by atoms with Crippen LogP contribution in [0.15, 0.2) is 42.5 Å². The Morgan fingerprint density at radius 2 is 1.82 bits per heavy atom. The maximum Gasteiger partial charge on any atom is 0.392 e. The van der Waals surface area contributed by atoms with Crippen molar-refractivity contribution in [1.82, 2.24) is 0 Å². The molecule has 0 aromatic heterocycles. The van der Waals surface area contributed by atoms with E-state index in [1.807, 2.05) is 0 Å². The number of aryl methyl sites for hydroxylation is 1. The van der Waals surface area contributed by atoms with Crippen molar-refractivity contribution in [3.63, 3.8) is 0 Å². The van der Waals surface area contributed by atoms with Crippen LogP contribution in [-0.2, 0) is 11.2 Å². The van der Waals surface area contributed by atoms with Crippen LogP contribution in [0.1, 0.15) is 28.8 Å². The lowest BCUT2D eigenvalue weighted by Gasteiger charge is -2.14. The van der Waals surface area contributed by atoms with Crippen molar-refractivity contribution in [2.45, 2.75) is 25.4 Å². The van der Waals surface area contributed by atoms with Crippen LogP contribution in [0.3, 0.4) is 0 Å². The van der Waals surface area contributed by atoms with E-state index in [1.165, 1.54) is 12.1 Å². The molecule has 2 N–H and O–H groups in total. The van der Waals surface area contributed by atoms with Crippen molar-refractivity contribution in [3.8, 4) is 5.75 Å². The number of carboxylic acid groups (broad SMARTS) is 1. The number of carbonyl (C=O) groups is 2. The molecule has 0 unspecified atom stereocenters. The molecule has 0 spiro atoms. The van der Waals surface area contributed by atoms with E-state index in [0.717, 1.165) is 12.1 Å². The standard InChI is InChI=1S/C19H17F4NO4/c20-13-6-7-15(16(11-13)28-10-9-19(21,22)23)24-17(25)8-5-12-3-1-2-4-14(12)18(26)27/h1-4,6-7,11H,5,8-10H2,(H,24,25)(H,26,27). The quantitative estimate of drug-likeness (QED) is 0.644. The van der Waals surface area contributed by atoms with E-state index in [0.29, 0.717) is 5.56 Å². The Labute approximate surface area is 157 Å². The number of alkyl halides is 3. The van der Waals surface area contributed by atoms with Crippen LogP contribution in [0.25, 0.3) is 0 Å². The fourth-order valence-corrected chi connectivity index (χ4v) is 2.40. The van der Waals surface area contributed by atoms with Crippen LogP contribution in [0.5, 0.6) is 5.75 Å². The van der Waals surface area contributed by atoms with Crippen LogP contribution < -0.4 is 10.1 Å². The van der Waals surface area contributed by atoms with Gasteiger partial charge in [0.05, 0.1) is 24.3 Å². The van der Waals surface area contributed by atoms with E-state index >= 15 is 0 Å². The van der Waals surface area contributed by atoms with Crippen molar-refractivity contribution in [1.29, 1.82) is 0 Å². The van der Waals surface area contributed by atoms with Crippen LogP contribution in [0.2, 0.25) is 0 Å². The molecule has 0 aliphatic rings. The number of halogens is 4. The van der Waals surface area contributed by atoms with E-state index in [-0.39, 0.29) is 29.8 Å². The second kappa shape index (κ2) is 9.20. The number of nitrogens with one attached hydrogen (secondary N) is 1. The van der Waals surface area contributed by atoms with E-state index in [9.17, 15) is 27.2 Å². The first-order chi connectivity index (χ1) is 13.2. The second-order valence-corrected chi connectivity index (χ2v) is 5.86. The lowest BCUT2D eigenvalue weighted by Crippen LogP contribution is -2.16. The van der Waals surface area contributed by atoms with Gasteiger partial charge in [-0.15, -0.1) is 0 Å². The van der Waals surface area contributed by atoms with Crippen LogP contribution in [0, 0.1) is 5.82 Å². The monoisotopic (exact) mass is 399 g/mol. The summed E-state index contributed by atoms with van der Waals surface area (Å²) in [6, 6.07) is 9.31. The first kappa shape index (κ1) is 21.2. The molecule has 0 radical (unpaired) electrons. The minimum Gasteiger partial charge on any atom is -0.491 e. The van der Waals surface area contributed by atoms with Gasteiger partial charge < -0.3 is 15.2 Å². The molecule has 1 amide bonds. The second-order valence-electron chi connectivity index (χ2n) is 5.86. The van der Waals surface area contributed by atoms with E-state index < -0.39 is 36.9 Å². The molecule has 5 nitrogen and oxygen atoms in total. The van der Waals surface area contributed by atoms with Gasteiger partial charge in [0.1, 0.15) is 11.6 Å². The number of benzene rings is 2. The van der Waals surface area contributed by atoms with Gasteiger partial charge in [0, 0.05) is 12.5 Å². The number of aromatic carboxylic acids is 1. The van der Waals surface area contributed by atoms with Crippen LogP contribution >= 0.6 is 0 Å². The number of carboxylic acids is 1. The Kier molecular flexibility index (Phi) is 6.97. The van der Waals surface area contributed by atoms with Crippen molar-refractivity contribution < 1.29 is 37.0 Å². The van der Waals surface area contributed by atoms with E-state index in [2.05, 4.69) is 5.32 Å². The highest BCUT2D eigenvalue weighted by Gasteiger charge is 2.27. The zero-order valence-electron chi connectivity index (χ0n) is 14.6. The van der Waals surface area contributed by atoms with Gasteiger partial charge in [-0.05, 0) is 30.2 Å². The van der Waals surface area contributed by atoms with Gasteiger partial charge in [0.25, 0.3) is 0 Å². The molecule has 9 heteroatoms. The smallest absolute Gasteiger partial charge is 0.392 e. The van der Waals surface area contributed by atoms with Gasteiger partial charge in [-0.3, -0.25) is 4.79 Å². The summed E-state index contributed by atoms with van der Waals surface area (Å²) in [4.78, 5) is 23.3. The molecule has 0 fully saturated rings. The summed E-state index contributed by atoms with van der Waals surface area (Å²) < 4.78 is 55.0. The molecule has 2 aromatic rings. The number of rotatable bonds is 8. The van der Waals surface area contributed by atoms with E-state index in [4.69, 9.17) is 9.84 Å². The lowest BCUT2D eigenvalue weighted by molar-refractivity contribution is -0.139. The summed E-state index contributed by atoms with van der Waals surface area (Å²) in [7, 11) is 0. The van der Waals surface area contributed by atoms with Gasteiger partial charge in [-0.2, -0.15) is 13.2 Å². The molecule has 0 bridgehead atoms. The average Bonchev–Trinajstić information content (AvgIpc) is 2.61. The van der Waals surface area contributed by atoms with Crippen molar-refractivity contribution >= 4 is 17.6 Å². The van der Waals surface area contributed by atoms with Gasteiger partial charge in [-0.25, -0.2) is 9.18 Å². The summed E-state index contributed by atoms with van der Waals surface area (Å²) in [5.41, 5.74) is 0.569. The minimum absolute atomic E-state index is 0.0279. The molecule has 0 saturated heterocycles. The fourth-order valence-electron chi connectivity index (χ4n) is 2.40. The third-order valence-corrected chi connectivity index (χ3v) is 3.73. The Morgan fingerprint density at radius 1 is 1.11 bits per heavy atom. The van der Waals surface area contributed by atoms with Gasteiger partial charge in [0.15, 0.2) is 0 Å². The topological polar surface area (TPSA) is 75.6 Å². The molecule has 28 heavy (non-hydrogen) atoms. The Bertz CT molecular complexity index is 852. The molecular formula is C19H17F4NO4. The minimum atomic E-state index is -4.42. The maximum atomic E-state index is 13.4. The van der Waals surface area contributed by atoms with Crippen molar-refractivity contribution in [3.05, 3.63) is 59.4 Å². The normalized spacial score (nSPS) is 11.1. The Morgan fingerprint density at radius 3 is 2.50 bits per heavy atom. The van der Waals surface area contributed by atoms with Crippen molar-refractivity contribution in [2.24, 2.45) is 0 Å². The largest absolute Gasteiger partial charge is 0.491 e. The van der Waals surface area contributed by atoms with Gasteiger partial charge >= 0.3 is 12.1 Å². The number of anilines is 1. The molecule has 0 heterocycles. The summed E-state index contributed by atoms with van der Waals surface area (Å²) >= 11 is 0.